The average molecular weight is 218 g/mol. The topological polar surface area (TPSA) is 27.0 Å². The minimum Gasteiger partial charge on any atom is -0.299 e. The van der Waals surface area contributed by atoms with Crippen LogP contribution in [0.25, 0.3) is 0 Å². The van der Waals surface area contributed by atoms with Crippen molar-refractivity contribution in [2.45, 2.75) is 31.8 Å². The van der Waals surface area contributed by atoms with Crippen LogP contribution in [0.15, 0.2) is 18.2 Å². The van der Waals surface area contributed by atoms with Gasteiger partial charge in [0, 0.05) is 18.2 Å². The Balaban J connectivity index is 2.06. The lowest BCUT2D eigenvalue weighted by Gasteiger charge is -2.34. The van der Waals surface area contributed by atoms with Gasteiger partial charge in [0.25, 0.3) is 0 Å². The van der Waals surface area contributed by atoms with Gasteiger partial charge in [-0.1, -0.05) is 12.5 Å². The Morgan fingerprint density at radius 3 is 2.75 bits per heavy atom. The van der Waals surface area contributed by atoms with Gasteiger partial charge in [0.05, 0.1) is 11.6 Å². The number of nitrogens with zero attached hydrogens (tertiary/aromatic N) is 2. The maximum absolute atomic E-state index is 13.6. The number of rotatable bonds is 3. The fourth-order valence-corrected chi connectivity index (χ4v) is 1.97. The Morgan fingerprint density at radius 1 is 1.50 bits per heavy atom. The normalized spacial score (nSPS) is 15.9. The highest BCUT2D eigenvalue weighted by atomic mass is 19.1. The summed E-state index contributed by atoms with van der Waals surface area (Å²) in [5.74, 6) is -0.273. The molecule has 0 atom stereocenters. The zero-order valence-corrected chi connectivity index (χ0v) is 9.41. The predicted octanol–water partition coefficient (Wildman–Crippen LogP) is 2.68. The van der Waals surface area contributed by atoms with Crippen molar-refractivity contribution in [1.82, 2.24) is 4.90 Å². The van der Waals surface area contributed by atoms with E-state index in [0.29, 0.717) is 23.7 Å². The molecule has 2 rings (SSSR count). The SMILES string of the molecule is CN(Cc1ccc(C#N)cc1F)C1CCC1. The van der Waals surface area contributed by atoms with E-state index in [2.05, 4.69) is 4.90 Å². The van der Waals surface area contributed by atoms with Crippen LogP contribution in [-0.4, -0.2) is 18.0 Å². The molecule has 1 aliphatic carbocycles. The van der Waals surface area contributed by atoms with Gasteiger partial charge in [-0.2, -0.15) is 5.26 Å². The van der Waals surface area contributed by atoms with Gasteiger partial charge in [-0.3, -0.25) is 4.90 Å². The van der Waals surface area contributed by atoms with Crippen LogP contribution >= 0.6 is 0 Å². The molecule has 1 saturated carbocycles. The summed E-state index contributed by atoms with van der Waals surface area (Å²) in [5, 5.41) is 8.64. The molecule has 0 saturated heterocycles. The summed E-state index contributed by atoms with van der Waals surface area (Å²) in [6, 6.07) is 7.24. The molecule has 0 radical (unpaired) electrons. The summed E-state index contributed by atoms with van der Waals surface area (Å²) in [4.78, 5) is 2.19. The van der Waals surface area contributed by atoms with Crippen molar-refractivity contribution in [3.63, 3.8) is 0 Å². The first-order chi connectivity index (χ1) is 7.70. The van der Waals surface area contributed by atoms with Crippen LogP contribution in [0.5, 0.6) is 0 Å². The number of hydrogen-bond acceptors (Lipinski definition) is 2. The largest absolute Gasteiger partial charge is 0.299 e. The number of benzene rings is 1. The van der Waals surface area contributed by atoms with E-state index >= 15 is 0 Å². The number of nitriles is 1. The molecular weight excluding hydrogens is 203 g/mol. The van der Waals surface area contributed by atoms with Crippen molar-refractivity contribution in [3.05, 3.63) is 35.1 Å². The molecule has 3 heteroatoms. The van der Waals surface area contributed by atoms with Crippen molar-refractivity contribution in [1.29, 1.82) is 5.26 Å². The maximum atomic E-state index is 13.6. The van der Waals surface area contributed by atoms with Gasteiger partial charge in [-0.25, -0.2) is 4.39 Å². The Kier molecular flexibility index (Phi) is 3.21. The van der Waals surface area contributed by atoms with Crippen LogP contribution in [0.4, 0.5) is 4.39 Å². The fourth-order valence-electron chi connectivity index (χ4n) is 1.97. The quantitative estimate of drug-likeness (QED) is 0.780. The Labute approximate surface area is 95.3 Å². The van der Waals surface area contributed by atoms with Crippen LogP contribution in [0, 0.1) is 17.1 Å². The zero-order valence-electron chi connectivity index (χ0n) is 9.41. The van der Waals surface area contributed by atoms with E-state index in [1.54, 1.807) is 12.1 Å². The van der Waals surface area contributed by atoms with Crippen LogP contribution in [0.3, 0.4) is 0 Å². The number of halogens is 1. The highest BCUT2D eigenvalue weighted by molar-refractivity contribution is 5.32. The molecule has 1 aromatic rings. The van der Waals surface area contributed by atoms with Crippen molar-refractivity contribution < 1.29 is 4.39 Å². The minimum absolute atomic E-state index is 0.273. The highest BCUT2D eigenvalue weighted by Crippen LogP contribution is 2.25. The Bertz CT molecular complexity index is 418. The molecule has 0 N–H and O–H groups in total. The molecule has 0 spiro atoms. The summed E-state index contributed by atoms with van der Waals surface area (Å²) in [6.07, 6.45) is 3.72. The Morgan fingerprint density at radius 2 is 2.25 bits per heavy atom. The lowest BCUT2D eigenvalue weighted by Crippen LogP contribution is -2.36. The zero-order chi connectivity index (χ0) is 11.5. The molecule has 0 unspecified atom stereocenters. The standard InChI is InChI=1S/C13H15FN2/c1-16(12-3-2-4-12)9-11-6-5-10(8-15)7-13(11)14/h5-7,12H,2-4,9H2,1H3. The molecule has 84 valence electrons. The molecule has 0 bridgehead atoms. The van der Waals surface area contributed by atoms with Crippen LogP contribution < -0.4 is 0 Å². The van der Waals surface area contributed by atoms with E-state index < -0.39 is 0 Å². The third-order valence-corrected chi connectivity index (χ3v) is 3.30. The number of hydrogen-bond donors (Lipinski definition) is 0. The van der Waals surface area contributed by atoms with Gasteiger partial charge >= 0.3 is 0 Å². The van der Waals surface area contributed by atoms with Crippen molar-refractivity contribution in [2.75, 3.05) is 7.05 Å². The molecule has 16 heavy (non-hydrogen) atoms. The molecule has 1 aromatic carbocycles. The van der Waals surface area contributed by atoms with E-state index in [0.717, 1.165) is 0 Å². The van der Waals surface area contributed by atoms with E-state index in [9.17, 15) is 4.39 Å². The van der Waals surface area contributed by atoms with Gasteiger partial charge < -0.3 is 0 Å². The van der Waals surface area contributed by atoms with Crippen molar-refractivity contribution in [2.24, 2.45) is 0 Å². The summed E-state index contributed by atoms with van der Waals surface area (Å²) >= 11 is 0. The maximum Gasteiger partial charge on any atom is 0.129 e. The first-order valence-corrected chi connectivity index (χ1v) is 5.59. The molecule has 0 aliphatic heterocycles. The van der Waals surface area contributed by atoms with Gasteiger partial charge in [0.15, 0.2) is 0 Å². The Hall–Kier alpha value is -1.40. The molecule has 1 aliphatic rings. The second kappa shape index (κ2) is 4.63. The van der Waals surface area contributed by atoms with E-state index in [1.165, 1.54) is 25.3 Å². The van der Waals surface area contributed by atoms with Gasteiger partial charge in [-0.05, 0) is 32.0 Å². The molecule has 0 heterocycles. The highest BCUT2D eigenvalue weighted by Gasteiger charge is 2.22. The van der Waals surface area contributed by atoms with E-state index in [-0.39, 0.29) is 5.82 Å². The summed E-state index contributed by atoms with van der Waals surface area (Å²) in [7, 11) is 2.03. The molecule has 0 amide bonds. The van der Waals surface area contributed by atoms with Gasteiger partial charge in [0.1, 0.15) is 5.82 Å². The first kappa shape index (κ1) is 11.1. The second-order valence-corrected chi connectivity index (χ2v) is 4.42. The van der Waals surface area contributed by atoms with Gasteiger partial charge in [0.2, 0.25) is 0 Å². The van der Waals surface area contributed by atoms with E-state index in [4.69, 9.17) is 5.26 Å². The monoisotopic (exact) mass is 218 g/mol. The predicted molar refractivity (Wildman–Crippen MR) is 60.2 cm³/mol. The third kappa shape index (κ3) is 2.23. The minimum atomic E-state index is -0.273. The molecule has 1 fully saturated rings. The second-order valence-electron chi connectivity index (χ2n) is 4.42. The fraction of sp³-hybridized carbons (Fsp3) is 0.462. The lowest BCUT2D eigenvalue weighted by atomic mass is 9.91. The molecular formula is C13H15FN2. The third-order valence-electron chi connectivity index (χ3n) is 3.30. The van der Waals surface area contributed by atoms with Crippen molar-refractivity contribution >= 4 is 0 Å². The summed E-state index contributed by atoms with van der Waals surface area (Å²) in [6.45, 7) is 0.627. The average Bonchev–Trinajstić information content (AvgIpc) is 2.18. The van der Waals surface area contributed by atoms with Crippen molar-refractivity contribution in [3.8, 4) is 6.07 Å². The van der Waals surface area contributed by atoms with Crippen LogP contribution in [0.1, 0.15) is 30.4 Å². The van der Waals surface area contributed by atoms with Crippen LogP contribution in [-0.2, 0) is 6.54 Å². The van der Waals surface area contributed by atoms with E-state index in [1.807, 2.05) is 13.1 Å². The first-order valence-electron chi connectivity index (χ1n) is 5.59. The summed E-state index contributed by atoms with van der Waals surface area (Å²) < 4.78 is 13.6. The summed E-state index contributed by atoms with van der Waals surface area (Å²) in [5.41, 5.74) is 1.06. The van der Waals surface area contributed by atoms with Crippen LogP contribution in [0.2, 0.25) is 0 Å². The smallest absolute Gasteiger partial charge is 0.129 e. The lowest BCUT2D eigenvalue weighted by molar-refractivity contribution is 0.151. The van der Waals surface area contributed by atoms with Gasteiger partial charge in [-0.15, -0.1) is 0 Å². The molecule has 2 nitrogen and oxygen atoms in total. The molecule has 0 aromatic heterocycles.